The maximum Gasteiger partial charge on any atom is 0.322 e. The third-order valence-corrected chi connectivity index (χ3v) is 5.93. The summed E-state index contributed by atoms with van der Waals surface area (Å²) in [5.74, 6) is 0.466. The largest absolute Gasteiger partial charge is 0.322 e. The van der Waals surface area contributed by atoms with Crippen molar-refractivity contribution in [1.29, 1.82) is 0 Å². The normalized spacial score (nSPS) is 17.9. The monoisotopic (exact) mass is 297 g/mol. The number of rotatable bonds is 2. The highest BCUT2D eigenvalue weighted by atomic mass is 32.3. The molecule has 1 aromatic heterocycles. The summed E-state index contributed by atoms with van der Waals surface area (Å²) in [4.78, 5) is 4.14. The van der Waals surface area contributed by atoms with E-state index < -0.39 is 10.1 Å². The number of para-hydroxylation sites is 1. The van der Waals surface area contributed by atoms with Crippen molar-refractivity contribution in [2.75, 3.05) is 0 Å². The molecular weight excluding hydrogens is 282 g/mol. The predicted octanol–water partition coefficient (Wildman–Crippen LogP) is 3.59. The Kier molecular flexibility index (Phi) is 3.32. The maximum atomic E-state index is 11.2. The molecule has 0 spiro atoms. The first kappa shape index (κ1) is 13.0. The molecule has 3 rings (SSSR count). The van der Waals surface area contributed by atoms with E-state index in [-0.39, 0.29) is 4.34 Å². The van der Waals surface area contributed by atoms with Crippen LogP contribution >= 0.6 is 11.3 Å². The molecule has 0 bridgehead atoms. The molecule has 2 aromatic rings. The summed E-state index contributed by atoms with van der Waals surface area (Å²) in [6.07, 6.45) is 5.99. The van der Waals surface area contributed by atoms with Crippen molar-refractivity contribution >= 4 is 31.7 Å². The minimum atomic E-state index is -4.20. The molecule has 0 aliphatic heterocycles. The van der Waals surface area contributed by atoms with Gasteiger partial charge in [0.25, 0.3) is 0 Å². The minimum absolute atomic E-state index is 0.203. The zero-order valence-corrected chi connectivity index (χ0v) is 12.0. The van der Waals surface area contributed by atoms with Crippen molar-refractivity contribution in [3.63, 3.8) is 0 Å². The van der Waals surface area contributed by atoms with Crippen molar-refractivity contribution in [2.45, 2.75) is 42.4 Å². The molecule has 0 saturated heterocycles. The van der Waals surface area contributed by atoms with Crippen LogP contribution in [-0.4, -0.2) is 18.0 Å². The summed E-state index contributed by atoms with van der Waals surface area (Å²) in [5.41, 5.74) is 1.87. The lowest BCUT2D eigenvalue weighted by molar-refractivity contribution is 0.445. The van der Waals surface area contributed by atoms with Gasteiger partial charge in [0.15, 0.2) is 0 Å². The second kappa shape index (κ2) is 4.85. The lowest BCUT2D eigenvalue weighted by Crippen LogP contribution is -2.05. The highest BCUT2D eigenvalue weighted by molar-refractivity contribution is 7.88. The third-order valence-electron chi connectivity index (χ3n) is 3.70. The Labute approximate surface area is 116 Å². The van der Waals surface area contributed by atoms with Crippen molar-refractivity contribution in [1.82, 2.24) is 4.98 Å². The Morgan fingerprint density at radius 2 is 1.95 bits per heavy atom. The van der Waals surface area contributed by atoms with Gasteiger partial charge in [-0.15, -0.1) is 11.3 Å². The van der Waals surface area contributed by atoms with Gasteiger partial charge in [0.1, 0.15) is 0 Å². The standard InChI is InChI=1S/C13H15NO3S2/c15-19(16,17)13-14-12-10(7-4-8-11(12)18-13)9-5-2-1-3-6-9/h4,7-9H,1-3,5-6H2,(H,15,16,17). The fourth-order valence-electron chi connectivity index (χ4n) is 2.80. The molecule has 0 unspecified atom stereocenters. The van der Waals surface area contributed by atoms with Crippen LogP contribution in [-0.2, 0) is 10.1 Å². The number of hydrogen-bond donors (Lipinski definition) is 1. The number of thiazole rings is 1. The smallest absolute Gasteiger partial charge is 0.280 e. The molecule has 102 valence electrons. The van der Waals surface area contributed by atoms with Crippen LogP contribution in [0.4, 0.5) is 0 Å². The van der Waals surface area contributed by atoms with E-state index in [0.717, 1.165) is 40.0 Å². The molecule has 1 heterocycles. The van der Waals surface area contributed by atoms with Gasteiger partial charge in [-0.25, -0.2) is 4.98 Å². The third kappa shape index (κ3) is 2.52. The van der Waals surface area contributed by atoms with Crippen molar-refractivity contribution < 1.29 is 13.0 Å². The quantitative estimate of drug-likeness (QED) is 0.860. The zero-order valence-electron chi connectivity index (χ0n) is 10.4. The SMILES string of the molecule is O=S(=O)(O)c1nc2c(C3CCCCC3)cccc2s1. The van der Waals surface area contributed by atoms with Crippen molar-refractivity contribution in [3.05, 3.63) is 23.8 Å². The summed E-state index contributed by atoms with van der Waals surface area (Å²) in [6, 6.07) is 5.83. The van der Waals surface area contributed by atoms with Gasteiger partial charge >= 0.3 is 10.1 Å². The second-order valence-electron chi connectivity index (χ2n) is 4.98. The Hall–Kier alpha value is -0.980. The average Bonchev–Trinajstić information content (AvgIpc) is 2.83. The van der Waals surface area contributed by atoms with Gasteiger partial charge in [0.2, 0.25) is 4.34 Å². The number of nitrogens with zero attached hydrogens (tertiary/aromatic N) is 1. The maximum absolute atomic E-state index is 11.2. The van der Waals surface area contributed by atoms with Gasteiger partial charge in [-0.2, -0.15) is 8.42 Å². The Bertz CT molecular complexity index is 700. The molecular formula is C13H15NO3S2. The van der Waals surface area contributed by atoms with Crippen LogP contribution in [0.3, 0.4) is 0 Å². The van der Waals surface area contributed by atoms with Crippen LogP contribution in [0.5, 0.6) is 0 Å². The first-order chi connectivity index (χ1) is 9.05. The highest BCUT2D eigenvalue weighted by Crippen LogP contribution is 2.37. The lowest BCUT2D eigenvalue weighted by atomic mass is 9.84. The van der Waals surface area contributed by atoms with E-state index in [1.807, 2.05) is 18.2 Å². The van der Waals surface area contributed by atoms with Crippen LogP contribution in [0.15, 0.2) is 22.5 Å². The van der Waals surface area contributed by atoms with E-state index in [0.29, 0.717) is 5.92 Å². The molecule has 1 N–H and O–H groups in total. The van der Waals surface area contributed by atoms with Gasteiger partial charge in [-0.05, 0) is 30.4 Å². The molecule has 1 fully saturated rings. The molecule has 1 aliphatic rings. The summed E-state index contributed by atoms with van der Waals surface area (Å²) in [6.45, 7) is 0. The molecule has 1 aliphatic carbocycles. The van der Waals surface area contributed by atoms with Crippen molar-refractivity contribution in [3.8, 4) is 0 Å². The Balaban J connectivity index is 2.12. The fraction of sp³-hybridized carbons (Fsp3) is 0.462. The predicted molar refractivity (Wildman–Crippen MR) is 75.3 cm³/mol. The van der Waals surface area contributed by atoms with E-state index in [1.165, 1.54) is 19.3 Å². The molecule has 19 heavy (non-hydrogen) atoms. The molecule has 0 amide bonds. The number of aromatic nitrogens is 1. The Morgan fingerprint density at radius 1 is 1.21 bits per heavy atom. The topological polar surface area (TPSA) is 67.3 Å². The first-order valence-electron chi connectivity index (χ1n) is 6.42. The summed E-state index contributed by atoms with van der Waals surface area (Å²) >= 11 is 1.03. The van der Waals surface area contributed by atoms with Gasteiger partial charge in [0, 0.05) is 0 Å². The molecule has 0 atom stereocenters. The van der Waals surface area contributed by atoms with Crippen molar-refractivity contribution in [2.24, 2.45) is 0 Å². The minimum Gasteiger partial charge on any atom is -0.280 e. The first-order valence-corrected chi connectivity index (χ1v) is 8.68. The molecule has 0 radical (unpaired) electrons. The number of fused-ring (bicyclic) bond motifs is 1. The van der Waals surface area contributed by atoms with E-state index in [2.05, 4.69) is 4.98 Å². The number of hydrogen-bond acceptors (Lipinski definition) is 4. The van der Waals surface area contributed by atoms with Crippen LogP contribution in [0, 0.1) is 0 Å². The van der Waals surface area contributed by atoms with Gasteiger partial charge < -0.3 is 0 Å². The van der Waals surface area contributed by atoms with Gasteiger partial charge in [0.05, 0.1) is 10.2 Å². The number of benzene rings is 1. The van der Waals surface area contributed by atoms with Gasteiger partial charge in [-0.1, -0.05) is 31.4 Å². The van der Waals surface area contributed by atoms with Gasteiger partial charge in [-0.3, -0.25) is 4.55 Å². The van der Waals surface area contributed by atoms with E-state index in [4.69, 9.17) is 4.55 Å². The summed E-state index contributed by atoms with van der Waals surface area (Å²) in [5, 5.41) is 0. The molecule has 4 nitrogen and oxygen atoms in total. The molecule has 6 heteroatoms. The molecule has 1 saturated carbocycles. The fourth-order valence-corrected chi connectivity index (χ4v) is 4.43. The molecule has 1 aromatic carbocycles. The van der Waals surface area contributed by atoms with Crippen LogP contribution < -0.4 is 0 Å². The van der Waals surface area contributed by atoms with E-state index in [9.17, 15) is 8.42 Å². The highest BCUT2D eigenvalue weighted by Gasteiger charge is 2.22. The average molecular weight is 297 g/mol. The van der Waals surface area contributed by atoms with Crippen LogP contribution in [0.1, 0.15) is 43.6 Å². The summed E-state index contributed by atoms with van der Waals surface area (Å²) in [7, 11) is -4.20. The van der Waals surface area contributed by atoms with E-state index >= 15 is 0 Å². The second-order valence-corrected chi connectivity index (χ2v) is 7.61. The van der Waals surface area contributed by atoms with Crippen LogP contribution in [0.2, 0.25) is 0 Å². The summed E-state index contributed by atoms with van der Waals surface area (Å²) < 4.78 is 32.1. The lowest BCUT2D eigenvalue weighted by Gasteiger charge is -2.22. The Morgan fingerprint density at radius 3 is 2.63 bits per heavy atom. The zero-order chi connectivity index (χ0) is 13.5. The van der Waals surface area contributed by atoms with E-state index in [1.54, 1.807) is 0 Å². The van der Waals surface area contributed by atoms with Crippen LogP contribution in [0.25, 0.3) is 10.2 Å².